The molecule has 1 aromatic rings. The second-order valence-corrected chi connectivity index (χ2v) is 4.72. The maximum absolute atomic E-state index is 11.9. The van der Waals surface area contributed by atoms with Gasteiger partial charge in [-0.05, 0) is 42.4 Å². The molecule has 0 saturated heterocycles. The number of thioether (sulfide) groups is 1. The minimum atomic E-state index is -4.22. The minimum absolute atomic E-state index is 0.0916. The number of hydrogen-bond donors (Lipinski definition) is 2. The Morgan fingerprint density at radius 1 is 1.44 bits per heavy atom. The first-order valence-corrected chi connectivity index (χ1v) is 6.06. The van der Waals surface area contributed by atoms with Gasteiger partial charge in [0.2, 0.25) is 0 Å². The molecule has 0 aliphatic heterocycles. The van der Waals surface area contributed by atoms with Gasteiger partial charge in [-0.25, -0.2) is 4.79 Å². The standard InChI is InChI=1S/C11H12F3NO2S/c1-7-6-8(2-3-9(7)10(16)17)15-4-5-18-11(12,13)14/h2-3,6,15H,4-5H2,1H3,(H,16,17). The fraction of sp³-hybridized carbons (Fsp3) is 0.364. The van der Waals surface area contributed by atoms with Crippen LogP contribution in [0.1, 0.15) is 15.9 Å². The van der Waals surface area contributed by atoms with Gasteiger partial charge in [0.15, 0.2) is 0 Å². The number of carbonyl (C=O) groups is 1. The Bertz CT molecular complexity index is 435. The number of nitrogens with one attached hydrogen (secondary N) is 1. The monoisotopic (exact) mass is 279 g/mol. The van der Waals surface area contributed by atoms with Crippen molar-refractivity contribution in [2.24, 2.45) is 0 Å². The molecule has 0 unspecified atom stereocenters. The smallest absolute Gasteiger partial charge is 0.441 e. The third-order valence-electron chi connectivity index (χ3n) is 2.15. The Morgan fingerprint density at radius 3 is 2.61 bits per heavy atom. The first-order valence-electron chi connectivity index (χ1n) is 5.08. The van der Waals surface area contributed by atoms with Gasteiger partial charge in [-0.2, -0.15) is 13.2 Å². The average Bonchev–Trinajstić information content (AvgIpc) is 2.22. The highest BCUT2D eigenvalue weighted by Gasteiger charge is 2.27. The van der Waals surface area contributed by atoms with Gasteiger partial charge in [-0.3, -0.25) is 0 Å². The Hall–Kier alpha value is -1.37. The summed E-state index contributed by atoms with van der Waals surface area (Å²) in [5, 5.41) is 11.6. The molecule has 0 fully saturated rings. The summed E-state index contributed by atoms with van der Waals surface area (Å²) in [5.74, 6) is -1.12. The number of benzene rings is 1. The lowest BCUT2D eigenvalue weighted by atomic mass is 10.1. The fourth-order valence-electron chi connectivity index (χ4n) is 1.38. The zero-order valence-corrected chi connectivity index (χ0v) is 10.4. The second-order valence-electron chi connectivity index (χ2n) is 3.56. The molecule has 0 aliphatic carbocycles. The van der Waals surface area contributed by atoms with Crippen LogP contribution in [-0.4, -0.2) is 28.9 Å². The molecule has 3 nitrogen and oxygen atoms in total. The SMILES string of the molecule is Cc1cc(NCCSC(F)(F)F)ccc1C(=O)O. The van der Waals surface area contributed by atoms with E-state index < -0.39 is 11.5 Å². The molecular weight excluding hydrogens is 267 g/mol. The van der Waals surface area contributed by atoms with Crippen LogP contribution >= 0.6 is 11.8 Å². The van der Waals surface area contributed by atoms with Gasteiger partial charge in [-0.1, -0.05) is 0 Å². The summed E-state index contributed by atoms with van der Waals surface area (Å²) in [4.78, 5) is 10.8. The van der Waals surface area contributed by atoms with E-state index in [9.17, 15) is 18.0 Å². The van der Waals surface area contributed by atoms with Crippen LogP contribution in [0.3, 0.4) is 0 Å². The summed E-state index contributed by atoms with van der Waals surface area (Å²) in [7, 11) is 0. The summed E-state index contributed by atoms with van der Waals surface area (Å²) in [5.41, 5.74) is -2.86. The number of carboxylic acids is 1. The molecular formula is C11H12F3NO2S. The highest BCUT2D eigenvalue weighted by Crippen LogP contribution is 2.29. The van der Waals surface area contributed by atoms with Crippen LogP contribution in [0.25, 0.3) is 0 Å². The van der Waals surface area contributed by atoms with Gasteiger partial charge in [0, 0.05) is 18.0 Å². The lowest BCUT2D eigenvalue weighted by Gasteiger charge is -2.09. The molecule has 0 bridgehead atoms. The molecule has 0 aliphatic rings. The largest absolute Gasteiger partial charge is 0.478 e. The van der Waals surface area contributed by atoms with Crippen molar-refractivity contribution in [1.82, 2.24) is 0 Å². The van der Waals surface area contributed by atoms with Crippen LogP contribution in [0.15, 0.2) is 18.2 Å². The molecule has 0 radical (unpaired) electrons. The summed E-state index contributed by atoms with van der Waals surface area (Å²) in [6.45, 7) is 1.80. The van der Waals surface area contributed by atoms with Gasteiger partial charge in [0.25, 0.3) is 0 Å². The second kappa shape index (κ2) is 5.99. The molecule has 0 aromatic heterocycles. The molecule has 1 rings (SSSR count). The third-order valence-corrected chi connectivity index (χ3v) is 2.89. The number of carboxylic acid groups (broad SMARTS) is 1. The van der Waals surface area contributed by atoms with Gasteiger partial charge < -0.3 is 10.4 Å². The first kappa shape index (κ1) is 14.7. The first-order chi connectivity index (χ1) is 8.29. The number of alkyl halides is 3. The van der Waals surface area contributed by atoms with E-state index in [0.717, 1.165) is 0 Å². The van der Waals surface area contributed by atoms with E-state index in [1.807, 2.05) is 0 Å². The number of aromatic carboxylic acids is 1. The highest BCUT2D eigenvalue weighted by molar-refractivity contribution is 8.00. The molecule has 0 spiro atoms. The zero-order valence-electron chi connectivity index (χ0n) is 9.54. The fourth-order valence-corrected chi connectivity index (χ4v) is 1.81. The molecule has 100 valence electrons. The predicted molar refractivity (Wildman–Crippen MR) is 65.1 cm³/mol. The Balaban J connectivity index is 2.49. The van der Waals surface area contributed by atoms with Crippen LogP contribution in [0, 0.1) is 6.92 Å². The summed E-state index contributed by atoms with van der Waals surface area (Å²) < 4.78 is 35.6. The van der Waals surface area contributed by atoms with Gasteiger partial charge in [0.05, 0.1) is 5.56 Å². The number of hydrogen-bond acceptors (Lipinski definition) is 3. The Morgan fingerprint density at radius 2 is 2.11 bits per heavy atom. The quantitative estimate of drug-likeness (QED) is 0.811. The van der Waals surface area contributed by atoms with Crippen LogP contribution < -0.4 is 5.32 Å². The van der Waals surface area contributed by atoms with Crippen molar-refractivity contribution in [2.45, 2.75) is 12.4 Å². The van der Waals surface area contributed by atoms with Crippen LogP contribution in [0.5, 0.6) is 0 Å². The van der Waals surface area contributed by atoms with Gasteiger partial charge >= 0.3 is 11.5 Å². The molecule has 0 atom stereocenters. The number of aryl methyl sites for hydroxylation is 1. The number of halogens is 3. The van der Waals surface area contributed by atoms with Crippen LogP contribution in [0.2, 0.25) is 0 Å². The Labute approximate surface area is 106 Å². The van der Waals surface area contributed by atoms with E-state index in [1.165, 1.54) is 12.1 Å². The van der Waals surface area contributed by atoms with Gasteiger partial charge in [-0.15, -0.1) is 0 Å². The molecule has 1 aromatic carbocycles. The topological polar surface area (TPSA) is 49.3 Å². The summed E-state index contributed by atoms with van der Waals surface area (Å²) >= 11 is -0.0916. The van der Waals surface area contributed by atoms with Crippen molar-refractivity contribution >= 4 is 23.4 Å². The van der Waals surface area contributed by atoms with E-state index in [0.29, 0.717) is 11.3 Å². The molecule has 0 heterocycles. The lowest BCUT2D eigenvalue weighted by Crippen LogP contribution is -2.10. The maximum Gasteiger partial charge on any atom is 0.441 e. The van der Waals surface area contributed by atoms with Gasteiger partial charge in [0.1, 0.15) is 0 Å². The van der Waals surface area contributed by atoms with Crippen molar-refractivity contribution in [2.75, 3.05) is 17.6 Å². The predicted octanol–water partition coefficient (Wildman–Crippen LogP) is 3.36. The van der Waals surface area contributed by atoms with Crippen molar-refractivity contribution in [3.63, 3.8) is 0 Å². The lowest BCUT2D eigenvalue weighted by molar-refractivity contribution is -0.0327. The average molecular weight is 279 g/mol. The van der Waals surface area contributed by atoms with Crippen LogP contribution in [-0.2, 0) is 0 Å². The van der Waals surface area contributed by atoms with E-state index >= 15 is 0 Å². The van der Waals surface area contributed by atoms with Crippen LogP contribution in [0.4, 0.5) is 18.9 Å². The van der Waals surface area contributed by atoms with E-state index in [4.69, 9.17) is 5.11 Å². The highest BCUT2D eigenvalue weighted by atomic mass is 32.2. The molecule has 7 heteroatoms. The van der Waals surface area contributed by atoms with E-state index in [-0.39, 0.29) is 29.6 Å². The zero-order chi connectivity index (χ0) is 13.8. The van der Waals surface area contributed by atoms with Crippen molar-refractivity contribution in [1.29, 1.82) is 0 Å². The van der Waals surface area contributed by atoms with E-state index in [2.05, 4.69) is 5.32 Å². The summed E-state index contributed by atoms with van der Waals surface area (Å²) in [6.07, 6.45) is 0. The summed E-state index contributed by atoms with van der Waals surface area (Å²) in [6, 6.07) is 4.56. The maximum atomic E-state index is 11.9. The minimum Gasteiger partial charge on any atom is -0.478 e. The normalized spacial score (nSPS) is 11.3. The number of anilines is 1. The third kappa shape index (κ3) is 4.87. The Kier molecular flexibility index (Phi) is 4.89. The van der Waals surface area contributed by atoms with E-state index in [1.54, 1.807) is 13.0 Å². The van der Waals surface area contributed by atoms with Crippen molar-refractivity contribution in [3.05, 3.63) is 29.3 Å². The molecule has 2 N–H and O–H groups in total. The number of rotatable bonds is 5. The molecule has 0 saturated carbocycles. The van der Waals surface area contributed by atoms with Crippen molar-refractivity contribution < 1.29 is 23.1 Å². The van der Waals surface area contributed by atoms with Crippen molar-refractivity contribution in [3.8, 4) is 0 Å². The molecule has 0 amide bonds. The molecule has 18 heavy (non-hydrogen) atoms.